The van der Waals surface area contributed by atoms with Gasteiger partial charge in [0, 0.05) is 19.5 Å². The second-order valence-corrected chi connectivity index (χ2v) is 5.98. The maximum atomic E-state index is 12.1. The monoisotopic (exact) mass is 296 g/mol. The van der Waals surface area contributed by atoms with Crippen LogP contribution in [-0.4, -0.2) is 40.0 Å². The van der Waals surface area contributed by atoms with Crippen molar-refractivity contribution in [3.05, 3.63) is 10.0 Å². The van der Waals surface area contributed by atoms with E-state index in [0.717, 1.165) is 16.4 Å². The standard InChI is InChI=1S/C13H20N4O2S/c1-3-10-15-16-11(20-10)7-14-13(19)9-5-6-12(18)17(4-2)8-9/h9H,3-8H2,1-2H3,(H,14,19). The fourth-order valence-electron chi connectivity index (χ4n) is 2.24. The number of aromatic nitrogens is 2. The lowest BCUT2D eigenvalue weighted by molar-refractivity contribution is -0.138. The Bertz CT molecular complexity index is 488. The minimum Gasteiger partial charge on any atom is -0.349 e. The number of piperidine rings is 1. The van der Waals surface area contributed by atoms with E-state index in [-0.39, 0.29) is 17.7 Å². The Morgan fingerprint density at radius 3 is 2.80 bits per heavy atom. The van der Waals surface area contributed by atoms with Gasteiger partial charge in [-0.3, -0.25) is 9.59 Å². The summed E-state index contributed by atoms with van der Waals surface area (Å²) >= 11 is 1.53. The first-order chi connectivity index (χ1) is 9.63. The van der Waals surface area contributed by atoms with Gasteiger partial charge < -0.3 is 10.2 Å². The highest BCUT2D eigenvalue weighted by Gasteiger charge is 2.29. The molecule has 1 aromatic heterocycles. The van der Waals surface area contributed by atoms with Gasteiger partial charge in [0.2, 0.25) is 11.8 Å². The van der Waals surface area contributed by atoms with Crippen LogP contribution in [0.3, 0.4) is 0 Å². The summed E-state index contributed by atoms with van der Waals surface area (Å²) < 4.78 is 0. The van der Waals surface area contributed by atoms with Gasteiger partial charge in [0.05, 0.1) is 12.5 Å². The Kier molecular flexibility index (Phi) is 5.05. The summed E-state index contributed by atoms with van der Waals surface area (Å²) in [6.07, 6.45) is 1.96. The number of likely N-dealkylation sites (tertiary alicyclic amines) is 1. The van der Waals surface area contributed by atoms with Gasteiger partial charge in [-0.2, -0.15) is 0 Å². The first kappa shape index (κ1) is 14.9. The molecule has 1 aromatic rings. The molecule has 0 spiro atoms. The van der Waals surface area contributed by atoms with Crippen LogP contribution < -0.4 is 5.32 Å². The molecule has 2 amide bonds. The molecule has 20 heavy (non-hydrogen) atoms. The van der Waals surface area contributed by atoms with Crippen LogP contribution in [0.15, 0.2) is 0 Å². The molecule has 1 fully saturated rings. The first-order valence-electron chi connectivity index (χ1n) is 7.00. The lowest BCUT2D eigenvalue weighted by atomic mass is 9.96. The van der Waals surface area contributed by atoms with Crippen LogP contribution in [-0.2, 0) is 22.6 Å². The van der Waals surface area contributed by atoms with Crippen molar-refractivity contribution in [2.24, 2.45) is 5.92 Å². The van der Waals surface area contributed by atoms with E-state index >= 15 is 0 Å². The summed E-state index contributed by atoms with van der Waals surface area (Å²) in [6, 6.07) is 0. The number of amides is 2. The molecule has 1 aliphatic heterocycles. The normalized spacial score (nSPS) is 19.2. The molecule has 1 unspecified atom stereocenters. The third-order valence-electron chi connectivity index (χ3n) is 3.48. The highest BCUT2D eigenvalue weighted by Crippen LogP contribution is 2.18. The third kappa shape index (κ3) is 3.53. The molecule has 6 nitrogen and oxygen atoms in total. The molecule has 2 heterocycles. The van der Waals surface area contributed by atoms with Gasteiger partial charge in [0.1, 0.15) is 10.0 Å². The summed E-state index contributed by atoms with van der Waals surface area (Å²) in [4.78, 5) is 25.5. The van der Waals surface area contributed by atoms with Crippen LogP contribution in [0.2, 0.25) is 0 Å². The van der Waals surface area contributed by atoms with E-state index in [2.05, 4.69) is 15.5 Å². The van der Waals surface area contributed by atoms with Crippen LogP contribution in [0.5, 0.6) is 0 Å². The van der Waals surface area contributed by atoms with Crippen LogP contribution >= 0.6 is 11.3 Å². The van der Waals surface area contributed by atoms with Gasteiger partial charge in [-0.15, -0.1) is 10.2 Å². The Morgan fingerprint density at radius 2 is 2.15 bits per heavy atom. The lowest BCUT2D eigenvalue weighted by Gasteiger charge is -2.30. The maximum absolute atomic E-state index is 12.1. The molecular weight excluding hydrogens is 276 g/mol. The SMILES string of the molecule is CCc1nnc(CNC(=O)C2CCC(=O)N(CC)C2)s1. The number of aryl methyl sites for hydroxylation is 1. The van der Waals surface area contributed by atoms with Gasteiger partial charge >= 0.3 is 0 Å². The average Bonchev–Trinajstić information content (AvgIpc) is 2.93. The fraction of sp³-hybridized carbons (Fsp3) is 0.692. The molecule has 0 aliphatic carbocycles. The van der Waals surface area contributed by atoms with Crippen molar-refractivity contribution in [1.29, 1.82) is 0 Å². The number of carbonyl (C=O) groups is 2. The minimum absolute atomic E-state index is 0.00389. The zero-order valence-electron chi connectivity index (χ0n) is 11.9. The van der Waals surface area contributed by atoms with Gasteiger partial charge in [-0.1, -0.05) is 18.3 Å². The Balaban J connectivity index is 1.84. The van der Waals surface area contributed by atoms with Crippen LogP contribution in [0.25, 0.3) is 0 Å². The van der Waals surface area contributed by atoms with Crippen LogP contribution in [0.1, 0.15) is 36.7 Å². The largest absolute Gasteiger partial charge is 0.349 e. The van der Waals surface area contributed by atoms with E-state index in [0.29, 0.717) is 32.5 Å². The summed E-state index contributed by atoms with van der Waals surface area (Å²) in [7, 11) is 0. The lowest BCUT2D eigenvalue weighted by Crippen LogP contribution is -2.45. The molecule has 0 aromatic carbocycles. The van der Waals surface area contributed by atoms with Crippen LogP contribution in [0.4, 0.5) is 0 Å². The molecule has 0 saturated carbocycles. The number of hydrogen-bond acceptors (Lipinski definition) is 5. The van der Waals surface area contributed by atoms with Crippen molar-refractivity contribution >= 4 is 23.2 Å². The number of carbonyl (C=O) groups excluding carboxylic acids is 2. The highest BCUT2D eigenvalue weighted by atomic mass is 32.1. The van der Waals surface area contributed by atoms with Gasteiger partial charge in [-0.25, -0.2) is 0 Å². The average molecular weight is 296 g/mol. The van der Waals surface area contributed by atoms with Gasteiger partial charge in [-0.05, 0) is 19.8 Å². The summed E-state index contributed by atoms with van der Waals surface area (Å²) in [6.45, 7) is 5.58. The third-order valence-corrected chi connectivity index (χ3v) is 4.55. The second kappa shape index (κ2) is 6.78. The predicted molar refractivity (Wildman–Crippen MR) is 76.1 cm³/mol. The smallest absolute Gasteiger partial charge is 0.225 e. The van der Waals surface area contributed by atoms with Gasteiger partial charge in [0.25, 0.3) is 0 Å². The van der Waals surface area contributed by atoms with Gasteiger partial charge in [0.15, 0.2) is 0 Å². The van der Waals surface area contributed by atoms with Crippen molar-refractivity contribution in [2.75, 3.05) is 13.1 Å². The molecule has 2 rings (SSSR count). The Morgan fingerprint density at radius 1 is 1.40 bits per heavy atom. The van der Waals surface area contributed by atoms with E-state index in [1.54, 1.807) is 4.90 Å². The Hall–Kier alpha value is -1.50. The second-order valence-electron chi connectivity index (χ2n) is 4.83. The van der Waals surface area contributed by atoms with Crippen molar-refractivity contribution in [3.63, 3.8) is 0 Å². The summed E-state index contributed by atoms with van der Waals surface area (Å²) in [5, 5.41) is 12.8. The number of hydrogen-bond donors (Lipinski definition) is 1. The molecule has 1 saturated heterocycles. The zero-order chi connectivity index (χ0) is 14.5. The van der Waals surface area contributed by atoms with E-state index in [1.807, 2.05) is 13.8 Å². The molecular formula is C13H20N4O2S. The molecule has 0 radical (unpaired) electrons. The molecule has 7 heteroatoms. The molecule has 1 aliphatic rings. The fourth-order valence-corrected chi connectivity index (χ4v) is 2.97. The van der Waals surface area contributed by atoms with Crippen molar-refractivity contribution in [2.45, 2.75) is 39.7 Å². The molecule has 1 atom stereocenters. The zero-order valence-corrected chi connectivity index (χ0v) is 12.7. The van der Waals surface area contributed by atoms with E-state index in [9.17, 15) is 9.59 Å². The minimum atomic E-state index is -0.105. The van der Waals surface area contributed by atoms with Crippen molar-refractivity contribution < 1.29 is 9.59 Å². The number of rotatable bonds is 5. The summed E-state index contributed by atoms with van der Waals surface area (Å²) in [5.74, 6) is 0.0451. The molecule has 0 bridgehead atoms. The summed E-state index contributed by atoms with van der Waals surface area (Å²) in [5.41, 5.74) is 0. The van der Waals surface area contributed by atoms with E-state index in [4.69, 9.17) is 0 Å². The molecule has 110 valence electrons. The highest BCUT2D eigenvalue weighted by molar-refractivity contribution is 7.11. The number of nitrogens with zero attached hydrogens (tertiary/aromatic N) is 3. The number of nitrogens with one attached hydrogen (secondary N) is 1. The van der Waals surface area contributed by atoms with Crippen molar-refractivity contribution in [1.82, 2.24) is 20.4 Å². The maximum Gasteiger partial charge on any atom is 0.225 e. The predicted octanol–water partition coefficient (Wildman–Crippen LogP) is 0.975. The van der Waals surface area contributed by atoms with E-state index < -0.39 is 0 Å². The van der Waals surface area contributed by atoms with E-state index in [1.165, 1.54) is 11.3 Å². The topological polar surface area (TPSA) is 75.2 Å². The van der Waals surface area contributed by atoms with Crippen LogP contribution in [0, 0.1) is 5.92 Å². The quantitative estimate of drug-likeness (QED) is 0.878. The first-order valence-corrected chi connectivity index (χ1v) is 7.82. The van der Waals surface area contributed by atoms with Crippen molar-refractivity contribution in [3.8, 4) is 0 Å². The Labute approximate surface area is 122 Å². The molecule has 1 N–H and O–H groups in total.